The summed E-state index contributed by atoms with van der Waals surface area (Å²) in [5.41, 5.74) is 6.19. The highest BCUT2D eigenvalue weighted by Gasteiger charge is 2.44. The van der Waals surface area contributed by atoms with E-state index in [1.165, 1.54) is 0 Å². The molecule has 47 heavy (non-hydrogen) atoms. The van der Waals surface area contributed by atoms with Gasteiger partial charge in [0.05, 0.1) is 62.4 Å². The second-order valence-corrected chi connectivity index (χ2v) is 14.9. The molecule has 0 spiro atoms. The van der Waals surface area contributed by atoms with Crippen molar-refractivity contribution >= 4 is 5.97 Å². The van der Waals surface area contributed by atoms with Crippen LogP contribution in [0.15, 0.2) is 0 Å². The van der Waals surface area contributed by atoms with Gasteiger partial charge in [-0.2, -0.15) is 0 Å². The SMILES string of the molecule is CC[NH2+]C(COC1CC(C2CC(O)CC(CCC3CCC(O)C(OCO)C3)O2)CC(OC)C1O)C(CC(=O)[O-])CC1CC[NH2+]C(N)C1. The van der Waals surface area contributed by atoms with Crippen LogP contribution in [0.2, 0.25) is 0 Å². The van der Waals surface area contributed by atoms with Crippen molar-refractivity contribution in [2.45, 2.75) is 151 Å². The third-order valence-corrected chi connectivity index (χ3v) is 11.5. The second-order valence-electron chi connectivity index (χ2n) is 14.9. The maximum absolute atomic E-state index is 11.8. The Balaban J connectivity index is 1.36. The molecule has 4 rings (SSSR count). The summed E-state index contributed by atoms with van der Waals surface area (Å²) in [6, 6.07) is -0.103. The average molecular weight is 675 g/mol. The van der Waals surface area contributed by atoms with Gasteiger partial charge in [0.2, 0.25) is 0 Å². The Hall–Kier alpha value is -0.970. The first kappa shape index (κ1) is 38.8. The number of carbonyl (C=O) groups is 1. The fraction of sp³-hybridized carbons (Fsp3) is 0.971. The van der Waals surface area contributed by atoms with E-state index in [1.807, 2.05) is 6.92 Å². The first-order valence-corrected chi connectivity index (χ1v) is 18.3. The number of carboxylic acid groups (broad SMARTS) is 1. The van der Waals surface area contributed by atoms with E-state index in [0.717, 1.165) is 51.6 Å². The molecule has 274 valence electrons. The zero-order valence-electron chi connectivity index (χ0n) is 28.6. The van der Waals surface area contributed by atoms with Gasteiger partial charge in [-0.05, 0) is 102 Å². The lowest BCUT2D eigenvalue weighted by atomic mass is 9.77. The first-order valence-electron chi connectivity index (χ1n) is 18.3. The Kier molecular flexibility index (Phi) is 16.1. The van der Waals surface area contributed by atoms with E-state index in [4.69, 9.17) is 24.7 Å². The van der Waals surface area contributed by atoms with Gasteiger partial charge in [-0.15, -0.1) is 0 Å². The molecule has 14 unspecified atom stereocenters. The van der Waals surface area contributed by atoms with E-state index in [9.17, 15) is 30.3 Å². The Morgan fingerprint density at radius 2 is 1.79 bits per heavy atom. The van der Waals surface area contributed by atoms with E-state index in [-0.39, 0.29) is 48.8 Å². The molecule has 13 nitrogen and oxygen atoms in total. The van der Waals surface area contributed by atoms with Crippen LogP contribution in [0.3, 0.4) is 0 Å². The molecule has 2 aliphatic carbocycles. The monoisotopic (exact) mass is 674 g/mol. The van der Waals surface area contributed by atoms with E-state index >= 15 is 0 Å². The average Bonchev–Trinajstić information content (AvgIpc) is 3.03. The van der Waals surface area contributed by atoms with Crippen LogP contribution in [0.25, 0.3) is 0 Å². The highest BCUT2D eigenvalue weighted by Crippen LogP contribution is 2.39. The molecule has 14 atom stereocenters. The number of aliphatic carboxylic acids is 1. The van der Waals surface area contributed by atoms with E-state index in [2.05, 4.69) is 10.6 Å². The summed E-state index contributed by atoms with van der Waals surface area (Å²) >= 11 is 0. The van der Waals surface area contributed by atoms with Crippen LogP contribution in [0.1, 0.15) is 90.4 Å². The third kappa shape index (κ3) is 11.8. The number of carboxylic acids is 1. The fourth-order valence-corrected chi connectivity index (χ4v) is 8.93. The van der Waals surface area contributed by atoms with Crippen LogP contribution in [0.4, 0.5) is 0 Å². The molecule has 0 amide bonds. The van der Waals surface area contributed by atoms with E-state index < -0.39 is 43.3 Å². The number of carbonyl (C=O) groups excluding carboxylic acids is 1. The summed E-state index contributed by atoms with van der Waals surface area (Å²) in [5, 5.41) is 57.6. The fourth-order valence-electron chi connectivity index (χ4n) is 8.93. The molecule has 2 aliphatic heterocycles. The number of aliphatic hydroxyl groups excluding tert-OH is 4. The van der Waals surface area contributed by atoms with Crippen molar-refractivity contribution in [3.05, 3.63) is 0 Å². The minimum atomic E-state index is -1.06. The Labute approximate surface area is 280 Å². The van der Waals surface area contributed by atoms with Crippen LogP contribution in [0.5, 0.6) is 0 Å². The van der Waals surface area contributed by atoms with Gasteiger partial charge in [-0.25, -0.2) is 0 Å². The maximum Gasteiger partial charge on any atom is 0.144 e. The van der Waals surface area contributed by atoms with Gasteiger partial charge >= 0.3 is 0 Å². The van der Waals surface area contributed by atoms with Gasteiger partial charge in [0.25, 0.3) is 0 Å². The summed E-state index contributed by atoms with van der Waals surface area (Å²) in [6.45, 7) is 3.67. The van der Waals surface area contributed by atoms with E-state index in [0.29, 0.717) is 57.0 Å². The molecule has 0 radical (unpaired) electrons. The van der Waals surface area contributed by atoms with Gasteiger partial charge < -0.3 is 59.9 Å². The van der Waals surface area contributed by atoms with Crippen molar-refractivity contribution in [1.82, 2.24) is 0 Å². The zero-order chi connectivity index (χ0) is 33.9. The summed E-state index contributed by atoms with van der Waals surface area (Å²) in [7, 11) is 1.59. The largest absolute Gasteiger partial charge is 0.550 e. The van der Waals surface area contributed by atoms with E-state index in [1.54, 1.807) is 7.11 Å². The number of rotatable bonds is 17. The minimum absolute atomic E-state index is 0.0190. The van der Waals surface area contributed by atoms with Crippen LogP contribution in [-0.2, 0) is 23.7 Å². The van der Waals surface area contributed by atoms with Crippen molar-refractivity contribution in [3.63, 3.8) is 0 Å². The number of quaternary nitrogens is 2. The smallest absolute Gasteiger partial charge is 0.144 e. The van der Waals surface area contributed by atoms with Crippen molar-refractivity contribution in [2.24, 2.45) is 29.4 Å². The lowest BCUT2D eigenvalue weighted by molar-refractivity contribution is -0.701. The predicted octanol–water partition coefficient (Wildman–Crippen LogP) is -2.30. The van der Waals surface area contributed by atoms with Gasteiger partial charge in [0.15, 0.2) is 0 Å². The van der Waals surface area contributed by atoms with Gasteiger partial charge in [0, 0.05) is 25.4 Å². The zero-order valence-corrected chi connectivity index (χ0v) is 28.6. The van der Waals surface area contributed by atoms with Gasteiger partial charge in [0.1, 0.15) is 25.1 Å². The number of methoxy groups -OCH3 is 1. The minimum Gasteiger partial charge on any atom is -0.550 e. The molecular weight excluding hydrogens is 610 g/mol. The topological polar surface area (TPSA) is 217 Å². The number of aliphatic hydroxyl groups is 4. The molecule has 0 aromatic heterocycles. The molecule has 2 saturated carbocycles. The quantitative estimate of drug-likeness (QED) is 0.0814. The molecule has 10 N–H and O–H groups in total. The lowest BCUT2D eigenvalue weighted by Crippen LogP contribution is -2.94. The number of nitrogens with two attached hydrogens (primary N) is 3. The van der Waals surface area contributed by atoms with Gasteiger partial charge in [-0.1, -0.05) is 0 Å². The Morgan fingerprint density at radius 1 is 1.00 bits per heavy atom. The molecule has 0 aromatic carbocycles. The van der Waals surface area contributed by atoms with Crippen LogP contribution in [-0.4, -0.2) is 121 Å². The number of hydrogen-bond donors (Lipinski definition) is 7. The normalized spacial score (nSPS) is 39.7. The van der Waals surface area contributed by atoms with Crippen molar-refractivity contribution in [2.75, 3.05) is 33.6 Å². The highest BCUT2D eigenvalue weighted by molar-refractivity contribution is 5.64. The first-order chi connectivity index (χ1) is 22.6. The summed E-state index contributed by atoms with van der Waals surface area (Å²) in [5.74, 6) is -0.461. The maximum atomic E-state index is 11.8. The summed E-state index contributed by atoms with van der Waals surface area (Å²) in [4.78, 5) is 11.8. The molecule has 0 bridgehead atoms. The molecule has 2 saturated heterocycles. The summed E-state index contributed by atoms with van der Waals surface area (Å²) < 4.78 is 24.2. The van der Waals surface area contributed by atoms with Crippen molar-refractivity contribution in [1.29, 1.82) is 0 Å². The van der Waals surface area contributed by atoms with Crippen LogP contribution < -0.4 is 21.5 Å². The standard InChI is InChI=1S/C34H63N3O10/c1-3-36-26(22(15-33(41)42)10-21-8-9-37-32(35)12-21)18-45-31-14-23(13-30(44-2)34(31)43)28-17-24(39)16-25(47-28)6-4-20-5-7-27(40)29(11-20)46-19-38/h20-32,34,36-40,43H,3-19,35H2,1-2H3,(H,41,42)/p+1. The van der Waals surface area contributed by atoms with Crippen molar-refractivity contribution in [3.8, 4) is 0 Å². The molecule has 13 heteroatoms. The van der Waals surface area contributed by atoms with Crippen LogP contribution in [0, 0.1) is 23.7 Å². The molecule has 4 aliphatic rings. The second kappa shape index (κ2) is 19.4. The number of piperidine rings is 1. The number of ether oxygens (including phenoxy) is 4. The number of hydrogen-bond acceptors (Lipinski definition) is 11. The molecule has 4 fully saturated rings. The van der Waals surface area contributed by atoms with Gasteiger partial charge in [-0.3, -0.25) is 5.73 Å². The number of likely N-dealkylation sites (N-methyl/N-ethyl adjacent to an activating group) is 1. The summed E-state index contributed by atoms with van der Waals surface area (Å²) in [6.07, 6.45) is 5.34. The predicted molar refractivity (Wildman–Crippen MR) is 169 cm³/mol. The molecule has 0 aromatic rings. The molecular formula is C34H64N3O10+. The third-order valence-electron chi connectivity index (χ3n) is 11.5. The Morgan fingerprint density at radius 3 is 2.49 bits per heavy atom. The van der Waals surface area contributed by atoms with Crippen LogP contribution >= 0.6 is 0 Å². The lowest BCUT2D eigenvalue weighted by Gasteiger charge is -2.44. The Bertz CT molecular complexity index is 919. The highest BCUT2D eigenvalue weighted by atomic mass is 16.6. The van der Waals surface area contributed by atoms with Crippen molar-refractivity contribution < 1.29 is 59.9 Å². The molecule has 2 heterocycles.